The SMILES string of the molecule is NC(=O)CC1CCN(CC2CCNCC2)CC1. The van der Waals surface area contributed by atoms with E-state index in [4.69, 9.17) is 5.73 Å². The second-order valence-corrected chi connectivity index (χ2v) is 5.61. The predicted molar refractivity (Wildman–Crippen MR) is 68.6 cm³/mol. The number of carbonyl (C=O) groups is 1. The molecule has 2 aliphatic heterocycles. The summed E-state index contributed by atoms with van der Waals surface area (Å²) in [6.07, 6.45) is 5.52. The van der Waals surface area contributed by atoms with Crippen LogP contribution in [0.1, 0.15) is 32.1 Å². The van der Waals surface area contributed by atoms with E-state index in [1.807, 2.05) is 0 Å². The first-order valence-corrected chi connectivity index (χ1v) is 6.95. The number of nitrogens with two attached hydrogens (primary N) is 1. The molecule has 0 saturated carbocycles. The standard InChI is InChI=1S/C13H25N3O/c14-13(17)9-11-3-7-16(8-4-11)10-12-1-5-15-6-2-12/h11-12,15H,1-10H2,(H2,14,17). The maximum atomic E-state index is 10.9. The second-order valence-electron chi connectivity index (χ2n) is 5.61. The topological polar surface area (TPSA) is 58.4 Å². The second kappa shape index (κ2) is 6.36. The Morgan fingerprint density at radius 3 is 2.35 bits per heavy atom. The molecule has 0 bridgehead atoms. The monoisotopic (exact) mass is 239 g/mol. The highest BCUT2D eigenvalue weighted by Crippen LogP contribution is 2.22. The lowest BCUT2D eigenvalue weighted by atomic mass is 9.91. The van der Waals surface area contributed by atoms with E-state index in [1.165, 1.54) is 32.5 Å². The summed E-state index contributed by atoms with van der Waals surface area (Å²) in [5.74, 6) is 1.28. The van der Waals surface area contributed by atoms with Gasteiger partial charge in [-0.25, -0.2) is 0 Å². The number of nitrogens with zero attached hydrogens (tertiary/aromatic N) is 1. The molecule has 0 atom stereocenters. The summed E-state index contributed by atoms with van der Waals surface area (Å²) in [7, 11) is 0. The van der Waals surface area contributed by atoms with Crippen molar-refractivity contribution in [2.75, 3.05) is 32.7 Å². The lowest BCUT2D eigenvalue weighted by Gasteiger charge is -2.35. The number of likely N-dealkylation sites (tertiary alicyclic amines) is 1. The lowest BCUT2D eigenvalue weighted by Crippen LogP contribution is -2.40. The molecule has 0 spiro atoms. The number of hydrogen-bond donors (Lipinski definition) is 2. The summed E-state index contributed by atoms with van der Waals surface area (Å²) in [6.45, 7) is 5.93. The van der Waals surface area contributed by atoms with Crippen LogP contribution in [0.5, 0.6) is 0 Å². The minimum absolute atomic E-state index is 0.137. The van der Waals surface area contributed by atoms with Crippen molar-refractivity contribution in [2.24, 2.45) is 17.6 Å². The summed E-state index contributed by atoms with van der Waals surface area (Å²) in [6, 6.07) is 0. The van der Waals surface area contributed by atoms with E-state index in [2.05, 4.69) is 10.2 Å². The normalized spacial score (nSPS) is 24.9. The van der Waals surface area contributed by atoms with E-state index in [0.29, 0.717) is 12.3 Å². The van der Waals surface area contributed by atoms with Crippen LogP contribution in [-0.4, -0.2) is 43.5 Å². The van der Waals surface area contributed by atoms with Crippen LogP contribution in [0.4, 0.5) is 0 Å². The van der Waals surface area contributed by atoms with Crippen molar-refractivity contribution >= 4 is 5.91 Å². The fraction of sp³-hybridized carbons (Fsp3) is 0.923. The van der Waals surface area contributed by atoms with Gasteiger partial charge in [0.05, 0.1) is 0 Å². The zero-order chi connectivity index (χ0) is 12.1. The third-order valence-electron chi connectivity index (χ3n) is 4.17. The van der Waals surface area contributed by atoms with Gasteiger partial charge in [-0.2, -0.15) is 0 Å². The quantitative estimate of drug-likeness (QED) is 0.754. The predicted octanol–water partition coefficient (Wildman–Crippen LogP) is 0.573. The van der Waals surface area contributed by atoms with Gasteiger partial charge in [0.1, 0.15) is 0 Å². The van der Waals surface area contributed by atoms with Crippen molar-refractivity contribution < 1.29 is 4.79 Å². The molecule has 1 amide bonds. The number of hydrogen-bond acceptors (Lipinski definition) is 3. The maximum absolute atomic E-state index is 10.9. The molecule has 2 rings (SSSR count). The van der Waals surface area contributed by atoms with Gasteiger partial charge < -0.3 is 16.0 Å². The van der Waals surface area contributed by atoms with Crippen LogP contribution in [0, 0.1) is 11.8 Å². The molecule has 2 aliphatic rings. The summed E-state index contributed by atoms with van der Waals surface area (Å²) >= 11 is 0. The first-order chi connectivity index (χ1) is 8.24. The Bertz CT molecular complexity index is 243. The Balaban J connectivity index is 1.66. The van der Waals surface area contributed by atoms with Crippen LogP contribution >= 0.6 is 0 Å². The third kappa shape index (κ3) is 4.28. The Kier molecular flexibility index (Phi) is 4.80. The molecule has 2 saturated heterocycles. The molecule has 0 radical (unpaired) electrons. The van der Waals surface area contributed by atoms with Crippen LogP contribution < -0.4 is 11.1 Å². The molecule has 2 fully saturated rings. The molecule has 98 valence electrons. The molecule has 0 unspecified atom stereocenters. The summed E-state index contributed by atoms with van der Waals surface area (Å²) in [4.78, 5) is 13.4. The van der Waals surface area contributed by atoms with E-state index in [1.54, 1.807) is 0 Å². The Morgan fingerprint density at radius 1 is 1.12 bits per heavy atom. The smallest absolute Gasteiger partial charge is 0.217 e. The molecular weight excluding hydrogens is 214 g/mol. The fourth-order valence-corrected chi connectivity index (χ4v) is 3.09. The van der Waals surface area contributed by atoms with Gasteiger partial charge in [-0.1, -0.05) is 0 Å². The minimum Gasteiger partial charge on any atom is -0.370 e. The number of piperidine rings is 2. The maximum Gasteiger partial charge on any atom is 0.217 e. The van der Waals surface area contributed by atoms with E-state index >= 15 is 0 Å². The van der Waals surface area contributed by atoms with Gasteiger partial charge in [0.2, 0.25) is 5.91 Å². The number of amides is 1. The van der Waals surface area contributed by atoms with E-state index in [9.17, 15) is 4.79 Å². The highest BCUT2D eigenvalue weighted by atomic mass is 16.1. The summed E-state index contributed by atoms with van der Waals surface area (Å²) in [5, 5.41) is 3.41. The van der Waals surface area contributed by atoms with Crippen molar-refractivity contribution in [3.05, 3.63) is 0 Å². The van der Waals surface area contributed by atoms with Crippen LogP contribution in [0.25, 0.3) is 0 Å². The van der Waals surface area contributed by atoms with Gasteiger partial charge in [-0.05, 0) is 63.7 Å². The Morgan fingerprint density at radius 2 is 1.76 bits per heavy atom. The first kappa shape index (κ1) is 12.8. The van der Waals surface area contributed by atoms with Crippen molar-refractivity contribution in [1.82, 2.24) is 10.2 Å². The fourth-order valence-electron chi connectivity index (χ4n) is 3.09. The van der Waals surface area contributed by atoms with Gasteiger partial charge in [-0.3, -0.25) is 4.79 Å². The molecule has 4 nitrogen and oxygen atoms in total. The molecule has 0 aliphatic carbocycles. The number of primary amides is 1. The zero-order valence-corrected chi connectivity index (χ0v) is 10.7. The van der Waals surface area contributed by atoms with E-state index < -0.39 is 0 Å². The molecule has 17 heavy (non-hydrogen) atoms. The van der Waals surface area contributed by atoms with Gasteiger partial charge in [0.25, 0.3) is 0 Å². The molecule has 0 aromatic carbocycles. The van der Waals surface area contributed by atoms with Gasteiger partial charge in [0.15, 0.2) is 0 Å². The zero-order valence-electron chi connectivity index (χ0n) is 10.7. The largest absolute Gasteiger partial charge is 0.370 e. The first-order valence-electron chi connectivity index (χ1n) is 6.95. The van der Waals surface area contributed by atoms with Crippen LogP contribution in [-0.2, 0) is 4.79 Å². The third-order valence-corrected chi connectivity index (χ3v) is 4.17. The highest BCUT2D eigenvalue weighted by Gasteiger charge is 2.23. The van der Waals surface area contributed by atoms with Crippen LogP contribution in [0.3, 0.4) is 0 Å². The molecule has 0 aromatic rings. The molecular formula is C13H25N3O. The minimum atomic E-state index is -0.137. The van der Waals surface area contributed by atoms with Gasteiger partial charge in [-0.15, -0.1) is 0 Å². The highest BCUT2D eigenvalue weighted by molar-refractivity contribution is 5.73. The van der Waals surface area contributed by atoms with Crippen molar-refractivity contribution in [3.8, 4) is 0 Å². The molecule has 3 N–H and O–H groups in total. The number of rotatable bonds is 4. The summed E-state index contributed by atoms with van der Waals surface area (Å²) in [5.41, 5.74) is 5.25. The molecule has 2 heterocycles. The number of nitrogens with one attached hydrogen (secondary N) is 1. The Hall–Kier alpha value is -0.610. The van der Waals surface area contributed by atoms with E-state index in [0.717, 1.165) is 31.8 Å². The van der Waals surface area contributed by atoms with Crippen molar-refractivity contribution in [1.29, 1.82) is 0 Å². The van der Waals surface area contributed by atoms with Crippen LogP contribution in [0.15, 0.2) is 0 Å². The van der Waals surface area contributed by atoms with E-state index in [-0.39, 0.29) is 5.91 Å². The van der Waals surface area contributed by atoms with Gasteiger partial charge >= 0.3 is 0 Å². The van der Waals surface area contributed by atoms with Crippen molar-refractivity contribution in [3.63, 3.8) is 0 Å². The average Bonchev–Trinajstić information content (AvgIpc) is 2.32. The molecule has 4 heteroatoms. The lowest BCUT2D eigenvalue weighted by molar-refractivity contribution is -0.119. The number of carbonyl (C=O) groups excluding carboxylic acids is 1. The molecule has 0 aromatic heterocycles. The van der Waals surface area contributed by atoms with Crippen molar-refractivity contribution in [2.45, 2.75) is 32.1 Å². The summed E-state index contributed by atoms with van der Waals surface area (Å²) < 4.78 is 0. The average molecular weight is 239 g/mol. The van der Waals surface area contributed by atoms with Crippen LogP contribution in [0.2, 0.25) is 0 Å². The van der Waals surface area contributed by atoms with Gasteiger partial charge in [0, 0.05) is 13.0 Å². The Labute approximate surface area is 104 Å².